The summed E-state index contributed by atoms with van der Waals surface area (Å²) in [5.41, 5.74) is 0. The minimum absolute atomic E-state index is 0.568. The maximum atomic E-state index is 5.57. The van der Waals surface area contributed by atoms with Crippen molar-refractivity contribution in [3.63, 3.8) is 0 Å². The molecule has 1 aliphatic heterocycles. The van der Waals surface area contributed by atoms with Crippen LogP contribution in [0.4, 0.5) is 0 Å². The first-order chi connectivity index (χ1) is 11.2. The molecule has 1 N–H and O–H groups in total. The Hall–Kier alpha value is -1.49. The largest absolute Gasteiger partial charge is 0.469 e. The minimum atomic E-state index is 0.568. The van der Waals surface area contributed by atoms with E-state index in [0.29, 0.717) is 11.8 Å². The number of nitrogens with zero attached hydrogens (tertiary/aromatic N) is 2. The maximum absolute atomic E-state index is 5.57. The summed E-state index contributed by atoms with van der Waals surface area (Å²) in [6, 6.07) is 3.95. The van der Waals surface area contributed by atoms with Crippen molar-refractivity contribution in [2.24, 2.45) is 16.8 Å². The Morgan fingerprint density at radius 1 is 1.52 bits per heavy atom. The van der Waals surface area contributed by atoms with Gasteiger partial charge in [0, 0.05) is 45.1 Å². The monoisotopic (exact) mass is 321 g/mol. The highest BCUT2D eigenvalue weighted by molar-refractivity contribution is 5.80. The molecule has 0 amide bonds. The van der Waals surface area contributed by atoms with Gasteiger partial charge >= 0.3 is 0 Å². The van der Waals surface area contributed by atoms with Crippen molar-refractivity contribution in [1.29, 1.82) is 0 Å². The van der Waals surface area contributed by atoms with Crippen LogP contribution < -0.4 is 5.32 Å². The molecular weight excluding hydrogens is 290 g/mol. The molecule has 130 valence electrons. The molecule has 1 aromatic rings. The van der Waals surface area contributed by atoms with Gasteiger partial charge in [-0.3, -0.25) is 4.99 Å². The van der Waals surface area contributed by atoms with Crippen LogP contribution in [0.1, 0.15) is 33.0 Å². The van der Waals surface area contributed by atoms with E-state index in [1.807, 2.05) is 12.1 Å². The van der Waals surface area contributed by atoms with Gasteiger partial charge in [0.25, 0.3) is 0 Å². The normalized spacial score (nSPS) is 18.9. The SMILES string of the molecule is CCOCC1CCN(C(=NCC(C)C)NCCc2ccco2)C1. The van der Waals surface area contributed by atoms with E-state index in [-0.39, 0.29) is 0 Å². The summed E-state index contributed by atoms with van der Waals surface area (Å²) >= 11 is 0. The zero-order valence-electron chi connectivity index (χ0n) is 14.8. The van der Waals surface area contributed by atoms with E-state index < -0.39 is 0 Å². The number of rotatable bonds is 8. The molecule has 5 heteroatoms. The van der Waals surface area contributed by atoms with E-state index in [4.69, 9.17) is 14.1 Å². The van der Waals surface area contributed by atoms with Crippen LogP contribution in [-0.4, -0.2) is 50.3 Å². The first kappa shape index (κ1) is 17.9. The molecule has 0 radical (unpaired) electrons. The lowest BCUT2D eigenvalue weighted by Gasteiger charge is -2.22. The molecule has 0 aromatic carbocycles. The minimum Gasteiger partial charge on any atom is -0.469 e. The fraction of sp³-hybridized carbons (Fsp3) is 0.722. The molecule has 0 saturated carbocycles. The topological polar surface area (TPSA) is 50.0 Å². The van der Waals surface area contributed by atoms with Crippen molar-refractivity contribution in [3.8, 4) is 0 Å². The Kier molecular flexibility index (Phi) is 7.46. The Labute approximate surface area is 140 Å². The quantitative estimate of drug-likeness (QED) is 0.591. The zero-order valence-corrected chi connectivity index (χ0v) is 14.8. The maximum Gasteiger partial charge on any atom is 0.193 e. The lowest BCUT2D eigenvalue weighted by molar-refractivity contribution is 0.114. The summed E-state index contributed by atoms with van der Waals surface area (Å²) in [6.45, 7) is 11.9. The third-order valence-electron chi connectivity index (χ3n) is 3.98. The number of nitrogens with one attached hydrogen (secondary N) is 1. The number of aliphatic imine (C=N–C) groups is 1. The summed E-state index contributed by atoms with van der Waals surface area (Å²) in [4.78, 5) is 7.17. The highest BCUT2D eigenvalue weighted by Gasteiger charge is 2.25. The molecule has 0 spiro atoms. The summed E-state index contributed by atoms with van der Waals surface area (Å²) in [5.74, 6) is 3.23. The van der Waals surface area contributed by atoms with Gasteiger partial charge in [-0.15, -0.1) is 0 Å². The Morgan fingerprint density at radius 2 is 2.39 bits per heavy atom. The predicted octanol–water partition coefficient (Wildman–Crippen LogP) is 2.78. The van der Waals surface area contributed by atoms with Crippen LogP contribution in [0.15, 0.2) is 27.8 Å². The van der Waals surface area contributed by atoms with Crippen LogP contribution in [0.5, 0.6) is 0 Å². The molecule has 23 heavy (non-hydrogen) atoms. The molecule has 2 rings (SSSR count). The van der Waals surface area contributed by atoms with Crippen LogP contribution in [0.25, 0.3) is 0 Å². The average Bonchev–Trinajstić information content (AvgIpc) is 3.20. The molecule has 1 fully saturated rings. The van der Waals surface area contributed by atoms with E-state index in [9.17, 15) is 0 Å². The molecule has 1 unspecified atom stereocenters. The molecule has 0 aliphatic carbocycles. The Balaban J connectivity index is 1.85. The standard InChI is InChI=1S/C18H31N3O2/c1-4-22-14-16-8-10-21(13-16)18(20-12-15(2)3)19-9-7-17-6-5-11-23-17/h5-6,11,15-16H,4,7-10,12-14H2,1-3H3,(H,19,20). The number of likely N-dealkylation sites (tertiary alicyclic amines) is 1. The first-order valence-corrected chi connectivity index (χ1v) is 8.82. The van der Waals surface area contributed by atoms with Gasteiger partial charge in [-0.2, -0.15) is 0 Å². The second-order valence-electron chi connectivity index (χ2n) is 6.57. The van der Waals surface area contributed by atoms with Crippen molar-refractivity contribution in [2.45, 2.75) is 33.6 Å². The molecule has 1 atom stereocenters. The Morgan fingerprint density at radius 3 is 3.09 bits per heavy atom. The summed E-state index contributed by atoms with van der Waals surface area (Å²) in [5, 5.41) is 3.51. The van der Waals surface area contributed by atoms with Crippen molar-refractivity contribution in [1.82, 2.24) is 10.2 Å². The highest BCUT2D eigenvalue weighted by atomic mass is 16.5. The van der Waals surface area contributed by atoms with E-state index >= 15 is 0 Å². The van der Waals surface area contributed by atoms with E-state index in [2.05, 4.69) is 31.0 Å². The van der Waals surface area contributed by atoms with Crippen molar-refractivity contribution in [2.75, 3.05) is 39.4 Å². The summed E-state index contributed by atoms with van der Waals surface area (Å²) in [6.07, 6.45) is 3.78. The van der Waals surface area contributed by atoms with Crippen LogP contribution in [0.3, 0.4) is 0 Å². The average molecular weight is 321 g/mol. The predicted molar refractivity (Wildman–Crippen MR) is 93.7 cm³/mol. The van der Waals surface area contributed by atoms with E-state index in [1.54, 1.807) is 6.26 Å². The fourth-order valence-corrected chi connectivity index (χ4v) is 2.73. The third kappa shape index (κ3) is 6.26. The zero-order chi connectivity index (χ0) is 16.5. The van der Waals surface area contributed by atoms with Gasteiger partial charge in [-0.1, -0.05) is 13.8 Å². The molecular formula is C18H31N3O2. The number of furan rings is 1. The number of guanidine groups is 1. The van der Waals surface area contributed by atoms with Gasteiger partial charge in [-0.25, -0.2) is 0 Å². The first-order valence-electron chi connectivity index (χ1n) is 8.82. The van der Waals surface area contributed by atoms with Crippen molar-refractivity contribution in [3.05, 3.63) is 24.2 Å². The van der Waals surface area contributed by atoms with Crippen LogP contribution in [0.2, 0.25) is 0 Å². The van der Waals surface area contributed by atoms with Gasteiger partial charge in [0.15, 0.2) is 5.96 Å². The van der Waals surface area contributed by atoms with Gasteiger partial charge in [0.2, 0.25) is 0 Å². The van der Waals surface area contributed by atoms with Crippen molar-refractivity contribution >= 4 is 5.96 Å². The van der Waals surface area contributed by atoms with E-state index in [1.165, 1.54) is 6.42 Å². The Bertz CT molecular complexity index is 457. The molecule has 1 aromatic heterocycles. The molecule has 1 saturated heterocycles. The molecule has 5 nitrogen and oxygen atoms in total. The second-order valence-corrected chi connectivity index (χ2v) is 6.57. The number of ether oxygens (including phenoxy) is 1. The highest BCUT2D eigenvalue weighted by Crippen LogP contribution is 2.17. The van der Waals surface area contributed by atoms with E-state index in [0.717, 1.165) is 57.5 Å². The number of hydrogen-bond acceptors (Lipinski definition) is 3. The van der Waals surface area contributed by atoms with Crippen LogP contribution in [-0.2, 0) is 11.2 Å². The van der Waals surface area contributed by atoms with Gasteiger partial charge in [0.1, 0.15) is 5.76 Å². The van der Waals surface area contributed by atoms with Crippen molar-refractivity contribution < 1.29 is 9.15 Å². The van der Waals surface area contributed by atoms with Gasteiger partial charge in [-0.05, 0) is 31.4 Å². The van der Waals surface area contributed by atoms with Gasteiger partial charge in [0.05, 0.1) is 12.9 Å². The summed E-state index contributed by atoms with van der Waals surface area (Å²) in [7, 11) is 0. The molecule has 1 aliphatic rings. The summed E-state index contributed by atoms with van der Waals surface area (Å²) < 4.78 is 11.0. The second kappa shape index (κ2) is 9.60. The van der Waals surface area contributed by atoms with Crippen LogP contribution in [0, 0.1) is 11.8 Å². The third-order valence-corrected chi connectivity index (χ3v) is 3.98. The molecule has 0 bridgehead atoms. The number of hydrogen-bond donors (Lipinski definition) is 1. The smallest absolute Gasteiger partial charge is 0.193 e. The van der Waals surface area contributed by atoms with Gasteiger partial charge < -0.3 is 19.4 Å². The lowest BCUT2D eigenvalue weighted by Crippen LogP contribution is -2.41. The molecule has 2 heterocycles. The van der Waals surface area contributed by atoms with Crippen LogP contribution >= 0.6 is 0 Å². The fourth-order valence-electron chi connectivity index (χ4n) is 2.73. The lowest BCUT2D eigenvalue weighted by atomic mass is 10.1.